The van der Waals surface area contributed by atoms with Crippen LogP contribution in [0.4, 0.5) is 0 Å². The van der Waals surface area contributed by atoms with E-state index in [1.54, 1.807) is 6.92 Å². The number of nitrogens with one attached hydrogen (secondary N) is 1. The first-order valence-electron chi connectivity index (χ1n) is 4.72. The van der Waals surface area contributed by atoms with Gasteiger partial charge in [-0.15, -0.1) is 0 Å². The molecule has 5 nitrogen and oxygen atoms in total. The fourth-order valence-electron chi connectivity index (χ4n) is 1.05. The molecule has 0 radical (unpaired) electrons. The zero-order valence-electron chi connectivity index (χ0n) is 8.72. The molecule has 0 spiro atoms. The van der Waals surface area contributed by atoms with Crippen molar-refractivity contribution in [3.63, 3.8) is 0 Å². The average Bonchev–Trinajstić information content (AvgIpc) is 2.17. The average molecular weight is 265 g/mol. The Kier molecular flexibility index (Phi) is 4.67. The number of pyridine rings is 1. The fourth-order valence-corrected chi connectivity index (χ4v) is 2.55. The van der Waals surface area contributed by atoms with E-state index in [-0.39, 0.29) is 16.6 Å². The summed E-state index contributed by atoms with van der Waals surface area (Å²) in [5, 5.41) is 8.94. The van der Waals surface area contributed by atoms with Crippen LogP contribution in [0.1, 0.15) is 13.3 Å². The van der Waals surface area contributed by atoms with Crippen LogP contribution in [-0.4, -0.2) is 31.2 Å². The number of aliphatic hydroxyl groups excluding tert-OH is 1. The van der Waals surface area contributed by atoms with Crippen LogP contribution < -0.4 is 4.72 Å². The van der Waals surface area contributed by atoms with Crippen LogP contribution in [-0.2, 0) is 10.0 Å². The maximum Gasteiger partial charge on any atom is 0.243 e. The van der Waals surface area contributed by atoms with Crippen molar-refractivity contribution in [2.45, 2.75) is 24.3 Å². The molecule has 16 heavy (non-hydrogen) atoms. The summed E-state index contributed by atoms with van der Waals surface area (Å²) >= 11 is 5.67. The highest BCUT2D eigenvalue weighted by Crippen LogP contribution is 2.17. The Morgan fingerprint density at radius 2 is 2.31 bits per heavy atom. The summed E-state index contributed by atoms with van der Waals surface area (Å²) in [6.07, 6.45) is 1.21. The third kappa shape index (κ3) is 3.71. The molecule has 0 fully saturated rings. The Balaban J connectivity index is 2.75. The molecule has 1 atom stereocenters. The van der Waals surface area contributed by atoms with Crippen LogP contribution in [0.25, 0.3) is 0 Å². The Bertz CT molecular complexity index is 448. The van der Waals surface area contributed by atoms with E-state index in [0.29, 0.717) is 6.42 Å². The topological polar surface area (TPSA) is 79.3 Å². The van der Waals surface area contributed by atoms with Gasteiger partial charge in [0.2, 0.25) is 10.0 Å². The van der Waals surface area contributed by atoms with Crippen LogP contribution in [0.15, 0.2) is 23.2 Å². The van der Waals surface area contributed by atoms with Gasteiger partial charge in [0.05, 0.1) is 6.10 Å². The smallest absolute Gasteiger partial charge is 0.243 e. The van der Waals surface area contributed by atoms with E-state index in [1.165, 1.54) is 18.3 Å². The molecule has 0 amide bonds. The number of hydrogen-bond acceptors (Lipinski definition) is 4. The summed E-state index contributed by atoms with van der Waals surface area (Å²) in [4.78, 5) is 3.63. The standard InChI is InChI=1S/C9H13ClN2O3S/c1-7(13)4-6-12-16(14,15)8-3-2-5-11-9(8)10/h2-3,5,7,12-13H,4,6H2,1H3. The predicted octanol–water partition coefficient (Wildman–Crippen LogP) is 0.784. The molecule has 0 aliphatic heterocycles. The van der Waals surface area contributed by atoms with Crippen molar-refractivity contribution in [3.8, 4) is 0 Å². The van der Waals surface area contributed by atoms with Crippen molar-refractivity contribution in [1.29, 1.82) is 0 Å². The third-order valence-corrected chi connectivity index (χ3v) is 3.77. The van der Waals surface area contributed by atoms with Gasteiger partial charge in [0, 0.05) is 12.7 Å². The molecule has 2 N–H and O–H groups in total. The molecule has 0 aliphatic rings. The number of aliphatic hydroxyl groups is 1. The van der Waals surface area contributed by atoms with E-state index in [9.17, 15) is 8.42 Å². The predicted molar refractivity (Wildman–Crippen MR) is 60.7 cm³/mol. The zero-order chi connectivity index (χ0) is 12.2. The minimum Gasteiger partial charge on any atom is -0.393 e. The van der Waals surface area contributed by atoms with Gasteiger partial charge in [0.15, 0.2) is 0 Å². The molecule has 90 valence electrons. The van der Waals surface area contributed by atoms with Gasteiger partial charge in [-0.1, -0.05) is 11.6 Å². The van der Waals surface area contributed by atoms with E-state index >= 15 is 0 Å². The van der Waals surface area contributed by atoms with Crippen molar-refractivity contribution in [3.05, 3.63) is 23.5 Å². The summed E-state index contributed by atoms with van der Waals surface area (Å²) in [5.41, 5.74) is 0. The summed E-state index contributed by atoms with van der Waals surface area (Å²) in [7, 11) is -3.64. The number of sulfonamides is 1. The van der Waals surface area contributed by atoms with Gasteiger partial charge in [-0.25, -0.2) is 18.1 Å². The quantitative estimate of drug-likeness (QED) is 0.771. The maximum absolute atomic E-state index is 11.7. The summed E-state index contributed by atoms with van der Waals surface area (Å²) in [6.45, 7) is 1.75. The first kappa shape index (κ1) is 13.4. The maximum atomic E-state index is 11.7. The molecular weight excluding hydrogens is 252 g/mol. The highest BCUT2D eigenvalue weighted by molar-refractivity contribution is 7.89. The second-order valence-corrected chi connectivity index (χ2v) is 5.42. The van der Waals surface area contributed by atoms with Crippen molar-refractivity contribution < 1.29 is 13.5 Å². The van der Waals surface area contributed by atoms with Crippen LogP contribution in [0, 0.1) is 0 Å². The number of rotatable bonds is 5. The minimum atomic E-state index is -3.64. The van der Waals surface area contributed by atoms with E-state index < -0.39 is 16.1 Å². The van der Waals surface area contributed by atoms with Crippen molar-refractivity contribution in [2.75, 3.05) is 6.54 Å². The van der Waals surface area contributed by atoms with Crippen LogP contribution in [0.2, 0.25) is 5.15 Å². The highest BCUT2D eigenvalue weighted by Gasteiger charge is 2.17. The second kappa shape index (κ2) is 5.58. The minimum absolute atomic E-state index is 0.0535. The van der Waals surface area contributed by atoms with Gasteiger partial charge in [-0.2, -0.15) is 0 Å². The Labute approximate surface area is 99.5 Å². The lowest BCUT2D eigenvalue weighted by Crippen LogP contribution is -2.27. The summed E-state index contributed by atoms with van der Waals surface area (Å²) < 4.78 is 25.8. The third-order valence-electron chi connectivity index (χ3n) is 1.87. The monoisotopic (exact) mass is 264 g/mol. The van der Waals surface area contributed by atoms with E-state index in [2.05, 4.69) is 9.71 Å². The number of halogens is 1. The van der Waals surface area contributed by atoms with Crippen molar-refractivity contribution >= 4 is 21.6 Å². The van der Waals surface area contributed by atoms with Gasteiger partial charge in [-0.05, 0) is 25.5 Å². The lowest BCUT2D eigenvalue weighted by molar-refractivity contribution is 0.186. The highest BCUT2D eigenvalue weighted by atomic mass is 35.5. The second-order valence-electron chi connectivity index (χ2n) is 3.33. The SMILES string of the molecule is CC(O)CCNS(=O)(=O)c1cccnc1Cl. The number of hydrogen-bond donors (Lipinski definition) is 2. The number of nitrogens with zero attached hydrogens (tertiary/aromatic N) is 1. The molecule has 1 heterocycles. The molecular formula is C9H13ClN2O3S. The Hall–Kier alpha value is -0.690. The van der Waals surface area contributed by atoms with Crippen LogP contribution >= 0.6 is 11.6 Å². The van der Waals surface area contributed by atoms with Gasteiger partial charge in [0.1, 0.15) is 10.0 Å². The summed E-state index contributed by atoms with van der Waals surface area (Å²) in [5.74, 6) is 0. The lowest BCUT2D eigenvalue weighted by atomic mass is 10.3. The summed E-state index contributed by atoms with van der Waals surface area (Å²) in [6, 6.07) is 2.87. The molecule has 0 aliphatic carbocycles. The Morgan fingerprint density at radius 3 is 2.88 bits per heavy atom. The van der Waals surface area contributed by atoms with E-state index in [1.807, 2.05) is 0 Å². The molecule has 1 aromatic heterocycles. The molecule has 0 saturated heterocycles. The first-order chi connectivity index (χ1) is 7.43. The van der Waals surface area contributed by atoms with Gasteiger partial charge < -0.3 is 5.11 Å². The number of aromatic nitrogens is 1. The molecule has 0 bridgehead atoms. The molecule has 1 aromatic rings. The lowest BCUT2D eigenvalue weighted by Gasteiger charge is -2.08. The first-order valence-corrected chi connectivity index (χ1v) is 6.58. The van der Waals surface area contributed by atoms with Crippen molar-refractivity contribution in [2.24, 2.45) is 0 Å². The van der Waals surface area contributed by atoms with Crippen LogP contribution in [0.3, 0.4) is 0 Å². The van der Waals surface area contributed by atoms with E-state index in [0.717, 1.165) is 0 Å². The van der Waals surface area contributed by atoms with Gasteiger partial charge in [0.25, 0.3) is 0 Å². The zero-order valence-corrected chi connectivity index (χ0v) is 10.3. The van der Waals surface area contributed by atoms with E-state index in [4.69, 9.17) is 16.7 Å². The molecule has 1 rings (SSSR count). The molecule has 1 unspecified atom stereocenters. The van der Waals surface area contributed by atoms with Gasteiger partial charge in [-0.3, -0.25) is 0 Å². The Morgan fingerprint density at radius 1 is 1.62 bits per heavy atom. The van der Waals surface area contributed by atoms with Crippen LogP contribution in [0.5, 0.6) is 0 Å². The molecule has 0 aromatic carbocycles. The fraction of sp³-hybridized carbons (Fsp3) is 0.444. The van der Waals surface area contributed by atoms with Crippen molar-refractivity contribution in [1.82, 2.24) is 9.71 Å². The largest absolute Gasteiger partial charge is 0.393 e. The van der Waals surface area contributed by atoms with Gasteiger partial charge >= 0.3 is 0 Å². The molecule has 7 heteroatoms. The normalized spacial score (nSPS) is 13.7. The molecule has 0 saturated carbocycles.